The Morgan fingerprint density at radius 3 is 2.71 bits per heavy atom. The van der Waals surface area contributed by atoms with Crippen molar-refractivity contribution in [2.75, 3.05) is 0 Å². The molecule has 0 spiro atoms. The molecule has 0 saturated carbocycles. The molecule has 1 aromatic rings. The van der Waals surface area contributed by atoms with E-state index in [1.807, 2.05) is 31.2 Å². The van der Waals surface area contributed by atoms with E-state index in [1.54, 1.807) is 13.0 Å². The lowest BCUT2D eigenvalue weighted by molar-refractivity contribution is -0.132. The second-order valence-electron chi connectivity index (χ2n) is 3.28. The summed E-state index contributed by atoms with van der Waals surface area (Å²) in [4.78, 5) is 10.8. The highest BCUT2D eigenvalue weighted by Gasteiger charge is 2.06. The van der Waals surface area contributed by atoms with Crippen LogP contribution in [-0.4, -0.2) is 11.1 Å². The third-order valence-corrected chi connectivity index (χ3v) is 2.10. The minimum Gasteiger partial charge on any atom is -0.478 e. The summed E-state index contributed by atoms with van der Waals surface area (Å²) in [5.41, 5.74) is 2.64. The summed E-state index contributed by atoms with van der Waals surface area (Å²) < 4.78 is 0. The largest absolute Gasteiger partial charge is 0.478 e. The van der Waals surface area contributed by atoms with Gasteiger partial charge in [0.05, 0.1) is 0 Å². The Hall–Kier alpha value is -1.57. The number of allylic oxidation sites excluding steroid dienone is 1. The van der Waals surface area contributed by atoms with Gasteiger partial charge >= 0.3 is 5.97 Å². The standard InChI is InChI=1S/C12H14O2/c1-3-11(12(13)14)8-10-6-4-5-9(2)7-10/h3-7H,8H2,1-2H3,(H,13,14). The monoisotopic (exact) mass is 190 g/mol. The van der Waals surface area contributed by atoms with Crippen molar-refractivity contribution in [3.05, 3.63) is 47.0 Å². The third-order valence-electron chi connectivity index (χ3n) is 2.10. The molecule has 0 aliphatic heterocycles. The normalized spacial score (nSPS) is 11.4. The molecule has 14 heavy (non-hydrogen) atoms. The molecule has 1 N–H and O–H groups in total. The van der Waals surface area contributed by atoms with Crippen molar-refractivity contribution in [1.82, 2.24) is 0 Å². The molecule has 0 aromatic heterocycles. The van der Waals surface area contributed by atoms with Crippen LogP contribution in [0.25, 0.3) is 0 Å². The molecule has 1 rings (SSSR count). The lowest BCUT2D eigenvalue weighted by Crippen LogP contribution is -2.03. The van der Waals surface area contributed by atoms with Crippen molar-refractivity contribution >= 4 is 5.97 Å². The molecule has 0 atom stereocenters. The van der Waals surface area contributed by atoms with Gasteiger partial charge < -0.3 is 5.11 Å². The topological polar surface area (TPSA) is 37.3 Å². The van der Waals surface area contributed by atoms with Crippen LogP contribution in [0.2, 0.25) is 0 Å². The van der Waals surface area contributed by atoms with Crippen LogP contribution < -0.4 is 0 Å². The lowest BCUT2D eigenvalue weighted by atomic mass is 10.0. The smallest absolute Gasteiger partial charge is 0.331 e. The van der Waals surface area contributed by atoms with Gasteiger partial charge in [0.1, 0.15) is 0 Å². The summed E-state index contributed by atoms with van der Waals surface area (Å²) in [6.07, 6.45) is 2.14. The molecule has 0 heterocycles. The molecule has 1 aromatic carbocycles. The van der Waals surface area contributed by atoms with Crippen molar-refractivity contribution in [2.45, 2.75) is 20.3 Å². The Balaban J connectivity index is 2.83. The summed E-state index contributed by atoms with van der Waals surface area (Å²) in [7, 11) is 0. The molecule has 0 aliphatic rings. The summed E-state index contributed by atoms with van der Waals surface area (Å²) in [5.74, 6) is -0.839. The fourth-order valence-corrected chi connectivity index (χ4v) is 1.34. The van der Waals surface area contributed by atoms with E-state index in [0.29, 0.717) is 12.0 Å². The second-order valence-corrected chi connectivity index (χ2v) is 3.28. The molecule has 0 bridgehead atoms. The Morgan fingerprint density at radius 2 is 2.21 bits per heavy atom. The molecule has 0 fully saturated rings. The van der Waals surface area contributed by atoms with Gasteiger partial charge in [-0.3, -0.25) is 0 Å². The molecule has 0 saturated heterocycles. The summed E-state index contributed by atoms with van der Waals surface area (Å²) in [6.45, 7) is 3.75. The van der Waals surface area contributed by atoms with Crippen LogP contribution in [0, 0.1) is 6.92 Å². The van der Waals surface area contributed by atoms with Gasteiger partial charge in [-0.1, -0.05) is 35.9 Å². The molecule has 0 aliphatic carbocycles. The van der Waals surface area contributed by atoms with E-state index in [2.05, 4.69) is 0 Å². The second kappa shape index (κ2) is 4.61. The average Bonchev–Trinajstić information content (AvgIpc) is 2.14. The van der Waals surface area contributed by atoms with E-state index in [4.69, 9.17) is 5.11 Å². The molecular weight excluding hydrogens is 176 g/mol. The van der Waals surface area contributed by atoms with Crippen LogP contribution in [-0.2, 0) is 11.2 Å². The number of aliphatic carboxylic acids is 1. The van der Waals surface area contributed by atoms with Gasteiger partial charge in [0.2, 0.25) is 0 Å². The highest BCUT2D eigenvalue weighted by Crippen LogP contribution is 2.10. The minimum atomic E-state index is -0.839. The van der Waals surface area contributed by atoms with E-state index in [9.17, 15) is 4.79 Å². The van der Waals surface area contributed by atoms with Crippen molar-refractivity contribution < 1.29 is 9.90 Å². The van der Waals surface area contributed by atoms with Gasteiger partial charge in [-0.15, -0.1) is 0 Å². The maximum atomic E-state index is 10.8. The first-order chi connectivity index (χ1) is 6.63. The maximum absolute atomic E-state index is 10.8. The molecule has 2 nitrogen and oxygen atoms in total. The van der Waals surface area contributed by atoms with E-state index < -0.39 is 5.97 Å². The Morgan fingerprint density at radius 1 is 1.50 bits per heavy atom. The number of benzene rings is 1. The first-order valence-corrected chi connectivity index (χ1v) is 4.57. The van der Waals surface area contributed by atoms with Crippen molar-refractivity contribution in [1.29, 1.82) is 0 Å². The zero-order chi connectivity index (χ0) is 10.6. The average molecular weight is 190 g/mol. The molecular formula is C12H14O2. The molecule has 74 valence electrons. The molecule has 0 radical (unpaired) electrons. The van der Waals surface area contributed by atoms with Crippen molar-refractivity contribution in [3.63, 3.8) is 0 Å². The minimum absolute atomic E-state index is 0.440. The van der Waals surface area contributed by atoms with Crippen LogP contribution in [0.1, 0.15) is 18.1 Å². The van der Waals surface area contributed by atoms with Crippen LogP contribution in [0.4, 0.5) is 0 Å². The number of carboxylic acid groups (broad SMARTS) is 1. The fraction of sp³-hybridized carbons (Fsp3) is 0.250. The number of carboxylic acids is 1. The van der Waals surface area contributed by atoms with Gasteiger partial charge in [-0.05, 0) is 19.4 Å². The van der Waals surface area contributed by atoms with Crippen molar-refractivity contribution in [2.24, 2.45) is 0 Å². The number of carbonyl (C=O) groups is 1. The number of hydrogen-bond donors (Lipinski definition) is 1. The van der Waals surface area contributed by atoms with Crippen LogP contribution in [0.5, 0.6) is 0 Å². The quantitative estimate of drug-likeness (QED) is 0.744. The maximum Gasteiger partial charge on any atom is 0.331 e. The summed E-state index contributed by atoms with van der Waals surface area (Å²) >= 11 is 0. The highest BCUT2D eigenvalue weighted by molar-refractivity contribution is 5.86. The number of hydrogen-bond acceptors (Lipinski definition) is 1. The van der Waals surface area contributed by atoms with Gasteiger partial charge in [-0.2, -0.15) is 0 Å². The van der Waals surface area contributed by atoms with Crippen molar-refractivity contribution in [3.8, 4) is 0 Å². The van der Waals surface area contributed by atoms with E-state index >= 15 is 0 Å². The number of aryl methyl sites for hydroxylation is 1. The molecule has 0 amide bonds. The van der Waals surface area contributed by atoms with Crippen LogP contribution in [0.3, 0.4) is 0 Å². The van der Waals surface area contributed by atoms with Gasteiger partial charge in [-0.25, -0.2) is 4.79 Å². The zero-order valence-corrected chi connectivity index (χ0v) is 8.45. The van der Waals surface area contributed by atoms with E-state index in [1.165, 1.54) is 0 Å². The number of rotatable bonds is 3. The van der Waals surface area contributed by atoms with Gasteiger partial charge in [0, 0.05) is 12.0 Å². The zero-order valence-electron chi connectivity index (χ0n) is 8.45. The highest BCUT2D eigenvalue weighted by atomic mass is 16.4. The fourth-order valence-electron chi connectivity index (χ4n) is 1.34. The van der Waals surface area contributed by atoms with E-state index in [0.717, 1.165) is 11.1 Å². The SMILES string of the molecule is CC=C(Cc1cccc(C)c1)C(=O)O. The Kier molecular flexibility index (Phi) is 3.46. The molecule has 2 heteroatoms. The Labute approximate surface area is 83.9 Å². The van der Waals surface area contributed by atoms with E-state index in [-0.39, 0.29) is 0 Å². The van der Waals surface area contributed by atoms with Gasteiger partial charge in [0.15, 0.2) is 0 Å². The summed E-state index contributed by atoms with van der Waals surface area (Å²) in [5, 5.41) is 8.84. The molecule has 0 unspecified atom stereocenters. The Bertz CT molecular complexity index is 364. The van der Waals surface area contributed by atoms with Crippen LogP contribution >= 0.6 is 0 Å². The predicted molar refractivity (Wildman–Crippen MR) is 56.3 cm³/mol. The van der Waals surface area contributed by atoms with Gasteiger partial charge in [0.25, 0.3) is 0 Å². The first-order valence-electron chi connectivity index (χ1n) is 4.57. The lowest BCUT2D eigenvalue weighted by Gasteiger charge is -2.02. The van der Waals surface area contributed by atoms with Crippen LogP contribution in [0.15, 0.2) is 35.9 Å². The third kappa shape index (κ3) is 2.73. The predicted octanol–water partition coefficient (Wildman–Crippen LogP) is 2.57. The first kappa shape index (κ1) is 10.5. The summed E-state index contributed by atoms with van der Waals surface area (Å²) in [6, 6.07) is 7.89.